The molecule has 0 aliphatic heterocycles. The number of nitrogens with one attached hydrogen (secondary N) is 1. The fourth-order valence-corrected chi connectivity index (χ4v) is 3.09. The summed E-state index contributed by atoms with van der Waals surface area (Å²) in [6, 6.07) is 18.6. The van der Waals surface area contributed by atoms with Gasteiger partial charge in [-0.25, -0.2) is 0 Å². The van der Waals surface area contributed by atoms with Crippen LogP contribution in [0.5, 0.6) is 23.0 Å². The Kier molecular flexibility index (Phi) is 7.17. The zero-order valence-corrected chi connectivity index (χ0v) is 18.0. The van der Waals surface area contributed by atoms with Crippen LogP contribution in [0.25, 0.3) is 17.2 Å². The van der Waals surface area contributed by atoms with Crippen molar-refractivity contribution < 1.29 is 23.7 Å². The number of carbonyl (C=O) groups excluding carboxylic acids is 1. The van der Waals surface area contributed by atoms with Gasteiger partial charge in [0.05, 0.1) is 28.4 Å². The smallest absolute Gasteiger partial charge is 0.248 e. The maximum Gasteiger partial charge on any atom is 0.248 e. The Morgan fingerprint density at radius 1 is 0.742 bits per heavy atom. The SMILES string of the molecule is COc1ccc(-c2cc(NC(=O)/C=C/c3ccc(OC)c(OC)c3)ccc2OC)cc1. The minimum atomic E-state index is -0.249. The highest BCUT2D eigenvalue weighted by Gasteiger charge is 2.09. The molecule has 0 aromatic heterocycles. The van der Waals surface area contributed by atoms with E-state index in [2.05, 4.69) is 5.32 Å². The van der Waals surface area contributed by atoms with E-state index in [0.717, 1.165) is 22.4 Å². The predicted octanol–water partition coefficient (Wildman–Crippen LogP) is 5.04. The van der Waals surface area contributed by atoms with Gasteiger partial charge in [0.2, 0.25) is 5.91 Å². The molecule has 0 fully saturated rings. The van der Waals surface area contributed by atoms with Crippen LogP contribution < -0.4 is 24.3 Å². The van der Waals surface area contributed by atoms with Gasteiger partial charge in [-0.05, 0) is 59.7 Å². The summed E-state index contributed by atoms with van der Waals surface area (Å²) in [5.74, 6) is 2.47. The van der Waals surface area contributed by atoms with E-state index in [1.807, 2.05) is 42.5 Å². The van der Waals surface area contributed by atoms with Crippen LogP contribution in [-0.4, -0.2) is 34.3 Å². The van der Waals surface area contributed by atoms with Crippen molar-refractivity contribution in [3.8, 4) is 34.1 Å². The molecule has 0 saturated heterocycles. The topological polar surface area (TPSA) is 66.0 Å². The van der Waals surface area contributed by atoms with Gasteiger partial charge >= 0.3 is 0 Å². The number of hydrogen-bond acceptors (Lipinski definition) is 5. The molecule has 0 atom stereocenters. The van der Waals surface area contributed by atoms with E-state index in [4.69, 9.17) is 18.9 Å². The lowest BCUT2D eigenvalue weighted by Crippen LogP contribution is -2.08. The Hall–Kier alpha value is -3.93. The largest absolute Gasteiger partial charge is 0.497 e. The maximum atomic E-state index is 12.4. The Labute approximate surface area is 182 Å². The van der Waals surface area contributed by atoms with E-state index in [1.165, 1.54) is 6.08 Å². The first-order chi connectivity index (χ1) is 15.1. The number of carbonyl (C=O) groups is 1. The minimum absolute atomic E-state index is 0.249. The Morgan fingerprint density at radius 3 is 2.06 bits per heavy atom. The molecule has 1 N–H and O–H groups in total. The lowest BCUT2D eigenvalue weighted by molar-refractivity contribution is -0.111. The molecule has 0 unspecified atom stereocenters. The number of amides is 1. The zero-order chi connectivity index (χ0) is 22.2. The zero-order valence-electron chi connectivity index (χ0n) is 18.0. The van der Waals surface area contributed by atoms with Crippen LogP contribution in [0.4, 0.5) is 5.69 Å². The highest BCUT2D eigenvalue weighted by molar-refractivity contribution is 6.02. The average molecular weight is 419 g/mol. The molecule has 0 saturated carbocycles. The standard InChI is InChI=1S/C25H25NO5/c1-28-20-10-7-18(8-11-20)21-16-19(9-13-22(21)29-2)26-25(27)14-6-17-5-12-23(30-3)24(15-17)31-4/h5-16H,1-4H3,(H,26,27)/b14-6+. The van der Waals surface area contributed by atoms with Crippen LogP contribution in [0, 0.1) is 0 Å². The molecule has 6 nitrogen and oxygen atoms in total. The van der Waals surface area contributed by atoms with Crippen LogP contribution in [0.3, 0.4) is 0 Å². The molecular weight excluding hydrogens is 394 g/mol. The van der Waals surface area contributed by atoms with Crippen molar-refractivity contribution in [3.63, 3.8) is 0 Å². The lowest BCUT2D eigenvalue weighted by atomic mass is 10.0. The van der Waals surface area contributed by atoms with E-state index in [9.17, 15) is 4.79 Å². The van der Waals surface area contributed by atoms with Crippen molar-refractivity contribution in [2.45, 2.75) is 0 Å². The molecule has 0 aliphatic rings. The van der Waals surface area contributed by atoms with E-state index >= 15 is 0 Å². The number of methoxy groups -OCH3 is 4. The third-order valence-electron chi connectivity index (χ3n) is 4.70. The number of anilines is 1. The first-order valence-electron chi connectivity index (χ1n) is 9.61. The van der Waals surface area contributed by atoms with Crippen LogP contribution in [-0.2, 0) is 4.79 Å². The van der Waals surface area contributed by atoms with Gasteiger partial charge in [-0.3, -0.25) is 4.79 Å². The molecule has 0 aliphatic carbocycles. The molecule has 0 spiro atoms. The second-order valence-electron chi connectivity index (χ2n) is 6.58. The number of rotatable bonds is 8. The number of ether oxygens (including phenoxy) is 4. The van der Waals surface area contributed by atoms with Crippen molar-refractivity contribution in [1.29, 1.82) is 0 Å². The van der Waals surface area contributed by atoms with E-state index in [1.54, 1.807) is 52.7 Å². The second kappa shape index (κ2) is 10.2. The normalized spacial score (nSPS) is 10.6. The van der Waals surface area contributed by atoms with Gasteiger partial charge in [-0.15, -0.1) is 0 Å². The molecule has 0 heterocycles. The van der Waals surface area contributed by atoms with Gasteiger partial charge in [0, 0.05) is 17.3 Å². The third kappa shape index (κ3) is 5.36. The third-order valence-corrected chi connectivity index (χ3v) is 4.70. The van der Waals surface area contributed by atoms with Gasteiger partial charge < -0.3 is 24.3 Å². The fourth-order valence-electron chi connectivity index (χ4n) is 3.09. The van der Waals surface area contributed by atoms with Gasteiger partial charge in [-0.2, -0.15) is 0 Å². The van der Waals surface area contributed by atoms with Gasteiger partial charge in [-0.1, -0.05) is 18.2 Å². The lowest BCUT2D eigenvalue weighted by Gasteiger charge is -2.12. The molecule has 6 heteroatoms. The summed E-state index contributed by atoms with van der Waals surface area (Å²) >= 11 is 0. The molecule has 0 bridgehead atoms. The van der Waals surface area contributed by atoms with Gasteiger partial charge in [0.15, 0.2) is 11.5 Å². The molecule has 160 valence electrons. The Bertz CT molecular complexity index is 1070. The second-order valence-corrected chi connectivity index (χ2v) is 6.58. The predicted molar refractivity (Wildman–Crippen MR) is 122 cm³/mol. The summed E-state index contributed by atoms with van der Waals surface area (Å²) in [6.45, 7) is 0. The van der Waals surface area contributed by atoms with Crippen molar-refractivity contribution in [3.05, 3.63) is 72.3 Å². The number of hydrogen-bond donors (Lipinski definition) is 1. The van der Waals surface area contributed by atoms with Crippen molar-refractivity contribution in [2.75, 3.05) is 33.8 Å². The molecular formula is C25H25NO5. The first-order valence-corrected chi connectivity index (χ1v) is 9.61. The van der Waals surface area contributed by atoms with E-state index < -0.39 is 0 Å². The first kappa shape index (κ1) is 21.8. The summed E-state index contributed by atoms with van der Waals surface area (Å²) in [5.41, 5.74) is 3.30. The van der Waals surface area contributed by atoms with E-state index in [-0.39, 0.29) is 5.91 Å². The van der Waals surface area contributed by atoms with Crippen LogP contribution >= 0.6 is 0 Å². The highest BCUT2D eigenvalue weighted by Crippen LogP contribution is 2.33. The van der Waals surface area contributed by atoms with Crippen LogP contribution in [0.1, 0.15) is 5.56 Å². The van der Waals surface area contributed by atoms with Gasteiger partial charge in [0.1, 0.15) is 11.5 Å². The fraction of sp³-hybridized carbons (Fsp3) is 0.160. The summed E-state index contributed by atoms with van der Waals surface area (Å²) in [4.78, 5) is 12.4. The highest BCUT2D eigenvalue weighted by atomic mass is 16.5. The van der Waals surface area contributed by atoms with Crippen molar-refractivity contribution in [2.24, 2.45) is 0 Å². The molecule has 1 amide bonds. The monoisotopic (exact) mass is 419 g/mol. The summed E-state index contributed by atoms with van der Waals surface area (Å²) in [6.07, 6.45) is 3.18. The minimum Gasteiger partial charge on any atom is -0.497 e. The quantitative estimate of drug-likeness (QED) is 0.518. The summed E-state index contributed by atoms with van der Waals surface area (Å²) in [5, 5.41) is 2.89. The molecule has 3 aromatic carbocycles. The number of benzene rings is 3. The average Bonchev–Trinajstić information content (AvgIpc) is 2.82. The van der Waals surface area contributed by atoms with Crippen molar-refractivity contribution in [1.82, 2.24) is 0 Å². The molecule has 31 heavy (non-hydrogen) atoms. The van der Waals surface area contributed by atoms with Crippen molar-refractivity contribution >= 4 is 17.7 Å². The Balaban J connectivity index is 1.77. The van der Waals surface area contributed by atoms with E-state index in [0.29, 0.717) is 22.9 Å². The molecule has 3 rings (SSSR count). The summed E-state index contributed by atoms with van der Waals surface area (Å²) < 4.78 is 21.2. The maximum absolute atomic E-state index is 12.4. The van der Waals surface area contributed by atoms with Crippen LogP contribution in [0.15, 0.2) is 66.7 Å². The van der Waals surface area contributed by atoms with Gasteiger partial charge in [0.25, 0.3) is 0 Å². The summed E-state index contributed by atoms with van der Waals surface area (Å²) in [7, 11) is 6.39. The Morgan fingerprint density at radius 2 is 1.42 bits per heavy atom. The molecule has 0 radical (unpaired) electrons. The molecule has 3 aromatic rings. The van der Waals surface area contributed by atoms with Crippen LogP contribution in [0.2, 0.25) is 0 Å².